The maximum atomic E-state index is 11.6. The molecule has 5 heteroatoms. The second kappa shape index (κ2) is 6.31. The molecule has 18 heavy (non-hydrogen) atoms. The molecule has 2 rings (SSSR count). The maximum absolute atomic E-state index is 11.6. The lowest BCUT2D eigenvalue weighted by atomic mass is 9.92. The van der Waals surface area contributed by atoms with Crippen LogP contribution in [0.5, 0.6) is 0 Å². The molecule has 2 N–H and O–H groups in total. The highest BCUT2D eigenvalue weighted by Gasteiger charge is 2.29. The molecule has 0 bridgehead atoms. The van der Waals surface area contributed by atoms with Gasteiger partial charge >= 0.3 is 0 Å². The molecule has 1 saturated heterocycles. The number of aliphatic hydroxyl groups excluding tert-OH is 1. The standard InChI is InChI=1S/C13H20N2O2S/c1-10(17)15-8-11(13-3-2-6-18-13)7-12(9-15)14-4-5-16/h2-3,6,11-12,14,16H,4-5,7-9H2,1H3. The van der Waals surface area contributed by atoms with Crippen LogP contribution in [0.1, 0.15) is 24.1 Å². The number of hydrogen-bond acceptors (Lipinski definition) is 4. The number of nitrogens with one attached hydrogen (secondary N) is 1. The normalized spacial score (nSPS) is 24.2. The first-order valence-electron chi connectivity index (χ1n) is 6.34. The Morgan fingerprint density at radius 3 is 3.06 bits per heavy atom. The van der Waals surface area contributed by atoms with E-state index in [0.29, 0.717) is 12.5 Å². The lowest BCUT2D eigenvalue weighted by molar-refractivity contribution is -0.130. The number of carbonyl (C=O) groups excluding carboxylic acids is 1. The van der Waals surface area contributed by atoms with E-state index in [-0.39, 0.29) is 18.6 Å². The Kier molecular flexibility index (Phi) is 4.74. The minimum atomic E-state index is 0.132. The average Bonchev–Trinajstić information content (AvgIpc) is 2.89. The number of nitrogens with zero attached hydrogens (tertiary/aromatic N) is 1. The van der Waals surface area contributed by atoms with E-state index in [4.69, 9.17) is 5.11 Å². The fraction of sp³-hybridized carbons (Fsp3) is 0.615. The summed E-state index contributed by atoms with van der Waals surface area (Å²) in [6, 6.07) is 4.48. The highest BCUT2D eigenvalue weighted by atomic mass is 32.1. The van der Waals surface area contributed by atoms with Crippen LogP contribution in [-0.4, -0.2) is 48.2 Å². The molecule has 2 atom stereocenters. The van der Waals surface area contributed by atoms with Gasteiger partial charge in [0.15, 0.2) is 0 Å². The van der Waals surface area contributed by atoms with Crippen LogP contribution in [0.4, 0.5) is 0 Å². The van der Waals surface area contributed by atoms with Crippen molar-refractivity contribution in [3.63, 3.8) is 0 Å². The molecule has 2 heterocycles. The zero-order chi connectivity index (χ0) is 13.0. The lowest BCUT2D eigenvalue weighted by Crippen LogP contribution is -2.50. The first-order chi connectivity index (χ1) is 8.70. The first kappa shape index (κ1) is 13.5. The number of hydrogen-bond donors (Lipinski definition) is 2. The summed E-state index contributed by atoms with van der Waals surface area (Å²) in [6.07, 6.45) is 1.03. The van der Waals surface area contributed by atoms with Crippen molar-refractivity contribution in [2.24, 2.45) is 0 Å². The van der Waals surface area contributed by atoms with Gasteiger partial charge in [0.25, 0.3) is 0 Å². The third-order valence-corrected chi connectivity index (χ3v) is 4.42. The minimum Gasteiger partial charge on any atom is -0.395 e. The highest BCUT2D eigenvalue weighted by Crippen LogP contribution is 2.30. The average molecular weight is 268 g/mol. The van der Waals surface area contributed by atoms with Gasteiger partial charge in [0, 0.05) is 43.4 Å². The van der Waals surface area contributed by atoms with Gasteiger partial charge in [0.2, 0.25) is 5.91 Å². The number of likely N-dealkylation sites (tertiary alicyclic amines) is 1. The van der Waals surface area contributed by atoms with Crippen LogP contribution in [0, 0.1) is 0 Å². The summed E-state index contributed by atoms with van der Waals surface area (Å²) in [5, 5.41) is 14.3. The number of thiophene rings is 1. The van der Waals surface area contributed by atoms with E-state index in [1.807, 2.05) is 4.90 Å². The summed E-state index contributed by atoms with van der Waals surface area (Å²) in [6.45, 7) is 3.91. The van der Waals surface area contributed by atoms with Gasteiger partial charge in [-0.2, -0.15) is 0 Å². The predicted octanol–water partition coefficient (Wildman–Crippen LogP) is 1.03. The smallest absolute Gasteiger partial charge is 0.219 e. The van der Waals surface area contributed by atoms with E-state index in [1.165, 1.54) is 4.88 Å². The molecule has 0 aliphatic carbocycles. The molecule has 1 amide bonds. The molecule has 1 aromatic rings. The van der Waals surface area contributed by atoms with Gasteiger partial charge in [0.05, 0.1) is 6.61 Å². The van der Waals surface area contributed by atoms with E-state index in [0.717, 1.165) is 19.5 Å². The van der Waals surface area contributed by atoms with Crippen LogP contribution < -0.4 is 5.32 Å². The van der Waals surface area contributed by atoms with Crippen molar-refractivity contribution in [1.29, 1.82) is 0 Å². The Morgan fingerprint density at radius 2 is 2.44 bits per heavy atom. The third-order valence-electron chi connectivity index (χ3n) is 3.39. The number of piperidine rings is 1. The molecule has 4 nitrogen and oxygen atoms in total. The molecule has 1 aliphatic heterocycles. The van der Waals surface area contributed by atoms with E-state index in [9.17, 15) is 4.79 Å². The molecule has 100 valence electrons. The fourth-order valence-electron chi connectivity index (χ4n) is 2.50. The second-order valence-electron chi connectivity index (χ2n) is 4.75. The summed E-state index contributed by atoms with van der Waals surface area (Å²) < 4.78 is 0. The summed E-state index contributed by atoms with van der Waals surface area (Å²) in [5.74, 6) is 0.547. The Hall–Kier alpha value is -0.910. The van der Waals surface area contributed by atoms with Crippen molar-refractivity contribution < 1.29 is 9.90 Å². The third kappa shape index (κ3) is 3.31. The van der Waals surface area contributed by atoms with Gasteiger partial charge in [-0.3, -0.25) is 4.79 Å². The van der Waals surface area contributed by atoms with E-state index in [2.05, 4.69) is 22.8 Å². The van der Waals surface area contributed by atoms with Crippen LogP contribution in [-0.2, 0) is 4.79 Å². The van der Waals surface area contributed by atoms with Crippen molar-refractivity contribution in [3.05, 3.63) is 22.4 Å². The predicted molar refractivity (Wildman–Crippen MR) is 72.8 cm³/mol. The van der Waals surface area contributed by atoms with Crippen molar-refractivity contribution in [2.75, 3.05) is 26.2 Å². The molecular formula is C13H20N2O2S. The Bertz CT molecular complexity index is 380. The van der Waals surface area contributed by atoms with E-state index in [1.54, 1.807) is 18.3 Å². The van der Waals surface area contributed by atoms with E-state index >= 15 is 0 Å². The Labute approximate surface area is 112 Å². The van der Waals surface area contributed by atoms with E-state index < -0.39 is 0 Å². The van der Waals surface area contributed by atoms with Gasteiger partial charge in [0.1, 0.15) is 0 Å². The SMILES string of the molecule is CC(=O)N1CC(NCCO)CC(c2cccs2)C1. The molecule has 0 spiro atoms. The fourth-order valence-corrected chi connectivity index (χ4v) is 3.34. The lowest BCUT2D eigenvalue weighted by Gasteiger charge is -2.37. The van der Waals surface area contributed by atoms with Crippen molar-refractivity contribution >= 4 is 17.2 Å². The number of aliphatic hydroxyl groups is 1. The molecule has 2 unspecified atom stereocenters. The maximum Gasteiger partial charge on any atom is 0.219 e. The van der Waals surface area contributed by atoms with Gasteiger partial charge < -0.3 is 15.3 Å². The van der Waals surface area contributed by atoms with Crippen LogP contribution in [0.2, 0.25) is 0 Å². The molecule has 1 aromatic heterocycles. The van der Waals surface area contributed by atoms with Crippen LogP contribution in [0.3, 0.4) is 0 Å². The van der Waals surface area contributed by atoms with Gasteiger partial charge in [-0.15, -0.1) is 11.3 Å². The number of amides is 1. The number of carbonyl (C=O) groups is 1. The highest BCUT2D eigenvalue weighted by molar-refractivity contribution is 7.10. The van der Waals surface area contributed by atoms with Gasteiger partial charge in [-0.05, 0) is 17.9 Å². The number of rotatable bonds is 4. The minimum absolute atomic E-state index is 0.132. The summed E-state index contributed by atoms with van der Waals surface area (Å²) in [4.78, 5) is 14.8. The molecule has 1 fully saturated rings. The monoisotopic (exact) mass is 268 g/mol. The summed E-state index contributed by atoms with van der Waals surface area (Å²) >= 11 is 1.75. The van der Waals surface area contributed by atoms with Crippen LogP contribution in [0.15, 0.2) is 17.5 Å². The summed E-state index contributed by atoms with van der Waals surface area (Å²) in [7, 11) is 0. The second-order valence-corrected chi connectivity index (χ2v) is 5.73. The van der Waals surface area contributed by atoms with Crippen molar-refractivity contribution in [3.8, 4) is 0 Å². The molecule has 0 radical (unpaired) electrons. The Morgan fingerprint density at radius 1 is 1.61 bits per heavy atom. The summed E-state index contributed by atoms with van der Waals surface area (Å²) in [5.41, 5.74) is 0. The first-order valence-corrected chi connectivity index (χ1v) is 7.22. The van der Waals surface area contributed by atoms with Crippen molar-refractivity contribution in [1.82, 2.24) is 10.2 Å². The largest absolute Gasteiger partial charge is 0.395 e. The molecular weight excluding hydrogens is 248 g/mol. The zero-order valence-electron chi connectivity index (χ0n) is 10.6. The zero-order valence-corrected chi connectivity index (χ0v) is 11.4. The molecule has 0 aromatic carbocycles. The van der Waals surface area contributed by atoms with Gasteiger partial charge in [-0.25, -0.2) is 0 Å². The quantitative estimate of drug-likeness (QED) is 0.858. The van der Waals surface area contributed by atoms with Crippen LogP contribution >= 0.6 is 11.3 Å². The van der Waals surface area contributed by atoms with Crippen molar-refractivity contribution in [2.45, 2.75) is 25.3 Å². The molecule has 0 saturated carbocycles. The van der Waals surface area contributed by atoms with Gasteiger partial charge in [-0.1, -0.05) is 6.07 Å². The topological polar surface area (TPSA) is 52.6 Å². The van der Waals surface area contributed by atoms with Crippen LogP contribution in [0.25, 0.3) is 0 Å². The Balaban J connectivity index is 2.04. The molecule has 1 aliphatic rings.